The van der Waals surface area contributed by atoms with Crippen LogP contribution in [0, 0.1) is 5.92 Å². The van der Waals surface area contributed by atoms with Gasteiger partial charge in [-0.05, 0) is 36.8 Å². The normalized spacial score (nSPS) is 14.0. The topological polar surface area (TPSA) is 160 Å². The number of amides is 4. The Morgan fingerprint density at radius 2 is 1.45 bits per heavy atom. The van der Waals surface area contributed by atoms with E-state index >= 15 is 0 Å². The van der Waals surface area contributed by atoms with Crippen molar-refractivity contribution >= 4 is 23.8 Å². The van der Waals surface area contributed by atoms with Gasteiger partial charge in [0.2, 0.25) is 17.7 Å². The zero-order chi connectivity index (χ0) is 28.1. The van der Waals surface area contributed by atoms with Crippen LogP contribution < -0.4 is 21.7 Å². The number of nitrogens with two attached hydrogens (primary N) is 1. The van der Waals surface area contributed by atoms with Gasteiger partial charge in [0.05, 0.1) is 12.1 Å². The Balaban J connectivity index is 1.96. The van der Waals surface area contributed by atoms with Gasteiger partial charge >= 0.3 is 6.09 Å². The SMILES string of the molecule is CC(NC(=O)OCc1ccccc1)C(=O)NC(Cc1ccccc1)[C@@H](O)CCC(=O)NC(C(N)=O)C(C)C. The van der Waals surface area contributed by atoms with Gasteiger partial charge in [0.25, 0.3) is 0 Å². The number of hydrogen-bond donors (Lipinski definition) is 5. The van der Waals surface area contributed by atoms with E-state index in [1.165, 1.54) is 6.92 Å². The number of alkyl carbamates (subject to hydrolysis) is 1. The number of aliphatic hydroxyl groups is 1. The molecule has 2 aromatic rings. The Bertz CT molecular complexity index is 1050. The first kappa shape index (κ1) is 30.3. The van der Waals surface area contributed by atoms with Crippen LogP contribution in [-0.4, -0.2) is 53.2 Å². The summed E-state index contributed by atoms with van der Waals surface area (Å²) in [6.45, 7) is 5.10. The Kier molecular flexibility index (Phi) is 12.2. The number of ether oxygens (including phenoxy) is 1. The van der Waals surface area contributed by atoms with E-state index in [9.17, 15) is 24.3 Å². The molecule has 0 heterocycles. The molecule has 0 aliphatic rings. The van der Waals surface area contributed by atoms with Gasteiger partial charge in [-0.1, -0.05) is 74.5 Å². The van der Waals surface area contributed by atoms with Gasteiger partial charge in [0, 0.05) is 6.42 Å². The van der Waals surface area contributed by atoms with Crippen molar-refractivity contribution in [2.75, 3.05) is 0 Å². The molecule has 4 amide bonds. The first-order chi connectivity index (χ1) is 18.1. The van der Waals surface area contributed by atoms with Crippen LogP contribution in [-0.2, 0) is 32.1 Å². The first-order valence-corrected chi connectivity index (χ1v) is 12.6. The molecule has 2 aromatic carbocycles. The average Bonchev–Trinajstić information content (AvgIpc) is 2.89. The summed E-state index contributed by atoms with van der Waals surface area (Å²) < 4.78 is 5.17. The molecule has 0 saturated carbocycles. The lowest BCUT2D eigenvalue weighted by Crippen LogP contribution is -2.52. The number of nitrogens with one attached hydrogen (secondary N) is 3. The summed E-state index contributed by atoms with van der Waals surface area (Å²) in [6.07, 6.45) is -1.56. The molecule has 3 unspecified atom stereocenters. The molecule has 0 aliphatic heterocycles. The van der Waals surface area contributed by atoms with Crippen molar-refractivity contribution in [2.45, 2.75) is 70.9 Å². The van der Waals surface area contributed by atoms with Crippen LogP contribution in [0.1, 0.15) is 44.7 Å². The predicted molar refractivity (Wildman–Crippen MR) is 143 cm³/mol. The molecule has 0 bridgehead atoms. The molecule has 10 nitrogen and oxygen atoms in total. The number of carbonyl (C=O) groups excluding carboxylic acids is 4. The molecule has 0 spiro atoms. The Morgan fingerprint density at radius 3 is 2.00 bits per heavy atom. The lowest BCUT2D eigenvalue weighted by Gasteiger charge is -2.26. The molecular formula is C28H38N4O6. The van der Waals surface area contributed by atoms with Crippen LogP contribution in [0.15, 0.2) is 60.7 Å². The Labute approximate surface area is 223 Å². The van der Waals surface area contributed by atoms with Crippen LogP contribution in [0.3, 0.4) is 0 Å². The maximum Gasteiger partial charge on any atom is 0.408 e. The van der Waals surface area contributed by atoms with Crippen molar-refractivity contribution in [1.82, 2.24) is 16.0 Å². The lowest BCUT2D eigenvalue weighted by atomic mass is 9.97. The van der Waals surface area contributed by atoms with E-state index in [4.69, 9.17) is 10.5 Å². The summed E-state index contributed by atoms with van der Waals surface area (Å²) in [4.78, 5) is 49.0. The fourth-order valence-corrected chi connectivity index (χ4v) is 3.76. The van der Waals surface area contributed by atoms with Gasteiger partial charge in [-0.2, -0.15) is 0 Å². The molecule has 6 N–H and O–H groups in total. The molecular weight excluding hydrogens is 488 g/mol. The zero-order valence-corrected chi connectivity index (χ0v) is 22.1. The van der Waals surface area contributed by atoms with Crippen LogP contribution >= 0.6 is 0 Å². The van der Waals surface area contributed by atoms with Crippen molar-refractivity contribution < 1.29 is 29.0 Å². The van der Waals surface area contributed by atoms with Crippen LogP contribution in [0.25, 0.3) is 0 Å². The van der Waals surface area contributed by atoms with E-state index in [2.05, 4.69) is 16.0 Å². The van der Waals surface area contributed by atoms with Crippen LogP contribution in [0.2, 0.25) is 0 Å². The highest BCUT2D eigenvalue weighted by atomic mass is 16.5. The standard InChI is InChI=1S/C28H38N4O6/c1-18(2)25(26(29)35)32-24(34)15-14-23(33)22(16-20-10-6-4-7-11-20)31-27(36)19(3)30-28(37)38-17-21-12-8-5-9-13-21/h4-13,18-19,22-23,25,33H,14-17H2,1-3H3,(H2,29,35)(H,30,37)(H,31,36)(H,32,34)/t19?,22?,23-,25?/m0/s1. The monoisotopic (exact) mass is 526 g/mol. The summed E-state index contributed by atoms with van der Waals surface area (Å²) in [6, 6.07) is 15.9. The van der Waals surface area contributed by atoms with Gasteiger partial charge < -0.3 is 31.5 Å². The van der Waals surface area contributed by atoms with Crippen molar-refractivity contribution in [3.8, 4) is 0 Å². The minimum absolute atomic E-state index is 0.0358. The van der Waals surface area contributed by atoms with Gasteiger partial charge in [-0.25, -0.2) is 4.79 Å². The third kappa shape index (κ3) is 10.6. The van der Waals surface area contributed by atoms with E-state index in [-0.39, 0.29) is 25.4 Å². The third-order valence-corrected chi connectivity index (χ3v) is 5.99. The summed E-state index contributed by atoms with van der Waals surface area (Å²) >= 11 is 0. The van der Waals surface area contributed by atoms with Gasteiger partial charge in [0.1, 0.15) is 18.7 Å². The van der Waals surface area contributed by atoms with Crippen molar-refractivity contribution in [3.05, 3.63) is 71.8 Å². The Morgan fingerprint density at radius 1 is 0.868 bits per heavy atom. The maximum absolute atomic E-state index is 12.9. The lowest BCUT2D eigenvalue weighted by molar-refractivity contribution is -0.128. The highest BCUT2D eigenvalue weighted by Gasteiger charge is 2.27. The number of rotatable bonds is 14. The van der Waals surface area contributed by atoms with Crippen molar-refractivity contribution in [2.24, 2.45) is 11.7 Å². The van der Waals surface area contributed by atoms with Crippen LogP contribution in [0.4, 0.5) is 4.79 Å². The van der Waals surface area contributed by atoms with E-state index in [0.29, 0.717) is 6.42 Å². The number of aliphatic hydroxyl groups excluding tert-OH is 1. The summed E-state index contributed by atoms with van der Waals surface area (Å²) in [5, 5.41) is 18.8. The molecule has 0 radical (unpaired) electrons. The van der Waals surface area contributed by atoms with E-state index in [1.807, 2.05) is 60.7 Å². The molecule has 38 heavy (non-hydrogen) atoms. The molecule has 10 heteroatoms. The average molecular weight is 527 g/mol. The van der Waals surface area contributed by atoms with Crippen LogP contribution in [0.5, 0.6) is 0 Å². The minimum atomic E-state index is -1.08. The molecule has 4 atom stereocenters. The molecule has 2 rings (SSSR count). The summed E-state index contributed by atoms with van der Waals surface area (Å²) in [5.41, 5.74) is 7.04. The predicted octanol–water partition coefficient (Wildman–Crippen LogP) is 1.80. The van der Waals surface area contributed by atoms with Crippen molar-refractivity contribution in [3.63, 3.8) is 0 Å². The van der Waals surface area contributed by atoms with Gasteiger partial charge in [-0.15, -0.1) is 0 Å². The third-order valence-electron chi connectivity index (χ3n) is 5.99. The number of benzene rings is 2. The summed E-state index contributed by atoms with van der Waals surface area (Å²) in [5.74, 6) is -1.76. The van der Waals surface area contributed by atoms with Crippen molar-refractivity contribution in [1.29, 1.82) is 0 Å². The quantitative estimate of drug-likeness (QED) is 0.252. The first-order valence-electron chi connectivity index (χ1n) is 12.6. The molecule has 0 saturated heterocycles. The second-order valence-electron chi connectivity index (χ2n) is 9.53. The molecule has 0 fully saturated rings. The second kappa shape index (κ2) is 15.4. The smallest absolute Gasteiger partial charge is 0.408 e. The fraction of sp³-hybridized carbons (Fsp3) is 0.429. The van der Waals surface area contributed by atoms with E-state index in [1.54, 1.807) is 13.8 Å². The second-order valence-corrected chi connectivity index (χ2v) is 9.53. The minimum Gasteiger partial charge on any atom is -0.445 e. The highest BCUT2D eigenvalue weighted by molar-refractivity contribution is 5.87. The molecule has 206 valence electrons. The van der Waals surface area contributed by atoms with Gasteiger partial charge in [-0.3, -0.25) is 14.4 Å². The van der Waals surface area contributed by atoms with Gasteiger partial charge in [0.15, 0.2) is 0 Å². The van der Waals surface area contributed by atoms with E-state index in [0.717, 1.165) is 11.1 Å². The number of hydrogen-bond acceptors (Lipinski definition) is 6. The maximum atomic E-state index is 12.9. The molecule has 0 aromatic heterocycles. The molecule has 0 aliphatic carbocycles. The highest BCUT2D eigenvalue weighted by Crippen LogP contribution is 2.12. The number of carbonyl (C=O) groups is 4. The largest absolute Gasteiger partial charge is 0.445 e. The van der Waals surface area contributed by atoms with E-state index < -0.39 is 48.0 Å². The number of primary amides is 1. The Hall–Kier alpha value is -3.92. The zero-order valence-electron chi connectivity index (χ0n) is 22.1. The summed E-state index contributed by atoms with van der Waals surface area (Å²) in [7, 11) is 0. The fourth-order valence-electron chi connectivity index (χ4n) is 3.76.